The Morgan fingerprint density at radius 2 is 2.05 bits per heavy atom. The third-order valence-corrected chi connectivity index (χ3v) is 5.82. The summed E-state index contributed by atoms with van der Waals surface area (Å²) in [7, 11) is 0. The summed E-state index contributed by atoms with van der Waals surface area (Å²) in [6.07, 6.45) is 1.06. The maximum Gasteiger partial charge on any atom is 0.339 e. The zero-order valence-electron chi connectivity index (χ0n) is 11.4. The van der Waals surface area contributed by atoms with Crippen LogP contribution in [0.3, 0.4) is 0 Å². The molecule has 5 nitrogen and oxygen atoms in total. The van der Waals surface area contributed by atoms with Crippen LogP contribution in [0.15, 0.2) is 23.5 Å². The first kappa shape index (κ1) is 11.5. The van der Waals surface area contributed by atoms with Crippen molar-refractivity contribution in [1.82, 2.24) is 0 Å². The smallest absolute Gasteiger partial charge is 0.339 e. The van der Waals surface area contributed by atoms with Crippen molar-refractivity contribution in [2.75, 3.05) is 0 Å². The Morgan fingerprint density at radius 3 is 2.80 bits per heavy atom. The minimum Gasteiger partial charge on any atom is -0.427 e. The molecule has 0 aromatic heterocycles. The minimum atomic E-state index is -0.961. The highest BCUT2D eigenvalue weighted by Gasteiger charge is 2.89. The second-order valence-electron chi connectivity index (χ2n) is 6.94. The second kappa shape index (κ2) is 2.75. The zero-order chi connectivity index (χ0) is 14.1. The Bertz CT molecular complexity index is 632. The first-order valence-electron chi connectivity index (χ1n) is 7.07. The van der Waals surface area contributed by atoms with Crippen LogP contribution in [-0.4, -0.2) is 40.1 Å². The zero-order valence-corrected chi connectivity index (χ0v) is 11.4. The third kappa shape index (κ3) is 0.917. The Labute approximate surface area is 116 Å². The van der Waals surface area contributed by atoms with Crippen LogP contribution in [0, 0.1) is 5.92 Å². The molecule has 5 rings (SSSR count). The fourth-order valence-electron chi connectivity index (χ4n) is 4.60. The van der Waals surface area contributed by atoms with Crippen LogP contribution in [0.5, 0.6) is 0 Å². The first-order valence-corrected chi connectivity index (χ1v) is 7.07. The number of ether oxygens (including phenoxy) is 3. The molecule has 5 aliphatic rings. The number of carbonyl (C=O) groups excluding carboxylic acids is 1. The lowest BCUT2D eigenvalue weighted by molar-refractivity contribution is -0.132. The van der Waals surface area contributed by atoms with Crippen molar-refractivity contribution in [3.05, 3.63) is 23.5 Å². The minimum absolute atomic E-state index is 0.0252. The van der Waals surface area contributed by atoms with Crippen molar-refractivity contribution in [3.8, 4) is 0 Å². The molecule has 4 fully saturated rings. The van der Waals surface area contributed by atoms with Crippen molar-refractivity contribution in [1.29, 1.82) is 0 Å². The van der Waals surface area contributed by atoms with Crippen LogP contribution in [0.4, 0.5) is 0 Å². The predicted molar refractivity (Wildman–Crippen MR) is 66.5 cm³/mol. The van der Waals surface area contributed by atoms with Gasteiger partial charge in [0.25, 0.3) is 0 Å². The van der Waals surface area contributed by atoms with E-state index >= 15 is 0 Å². The van der Waals surface area contributed by atoms with Gasteiger partial charge in [0.05, 0.1) is 5.60 Å². The van der Waals surface area contributed by atoms with Crippen molar-refractivity contribution >= 4 is 5.97 Å². The maximum atomic E-state index is 11.8. The molecule has 3 aliphatic heterocycles. The van der Waals surface area contributed by atoms with E-state index in [0.717, 1.165) is 5.57 Å². The van der Waals surface area contributed by atoms with Gasteiger partial charge in [0, 0.05) is 17.1 Å². The molecule has 5 heteroatoms. The molecule has 0 amide bonds. The van der Waals surface area contributed by atoms with Gasteiger partial charge < -0.3 is 19.3 Å². The van der Waals surface area contributed by atoms with Crippen molar-refractivity contribution in [2.24, 2.45) is 5.92 Å². The van der Waals surface area contributed by atoms with Gasteiger partial charge in [0.2, 0.25) is 0 Å². The molecular weight excluding hydrogens is 260 g/mol. The summed E-state index contributed by atoms with van der Waals surface area (Å²) in [5.41, 5.74) is -0.809. The predicted octanol–water partition coefficient (Wildman–Crippen LogP) is 0.823. The quantitative estimate of drug-likeness (QED) is 0.403. The lowest BCUT2D eigenvalue weighted by atomic mass is 9.80. The highest BCUT2D eigenvalue weighted by molar-refractivity contribution is 5.93. The molecule has 3 saturated heterocycles. The number of fused-ring (bicyclic) bond motifs is 4. The van der Waals surface area contributed by atoms with Gasteiger partial charge in [-0.1, -0.05) is 6.58 Å². The molecule has 1 spiro atoms. The normalized spacial score (nSPS) is 58.5. The summed E-state index contributed by atoms with van der Waals surface area (Å²) in [6.45, 7) is 7.65. The number of hydrogen-bond donors (Lipinski definition) is 1. The van der Waals surface area contributed by atoms with Crippen LogP contribution in [0.1, 0.15) is 26.7 Å². The fraction of sp³-hybridized carbons (Fsp3) is 0.667. The number of hydrogen-bond acceptors (Lipinski definition) is 5. The lowest BCUT2D eigenvalue weighted by Gasteiger charge is -2.31. The molecular formula is C15H16O5. The number of esters is 1. The van der Waals surface area contributed by atoms with Gasteiger partial charge in [0.1, 0.15) is 23.6 Å². The first-order chi connectivity index (χ1) is 9.33. The third-order valence-electron chi connectivity index (χ3n) is 5.82. The highest BCUT2D eigenvalue weighted by Crippen LogP contribution is 2.74. The second-order valence-corrected chi connectivity index (χ2v) is 6.94. The summed E-state index contributed by atoms with van der Waals surface area (Å²) in [5, 5.41) is 10.9. The van der Waals surface area contributed by atoms with Crippen LogP contribution < -0.4 is 0 Å². The molecule has 106 valence electrons. The SMILES string of the molecule is C=C1C(=O)OC2=C3C4(C)OC4C4OC34C(C)(O)CCC12. The number of rotatable bonds is 0. The van der Waals surface area contributed by atoms with E-state index < -0.39 is 16.8 Å². The average molecular weight is 276 g/mol. The Balaban J connectivity index is 1.79. The lowest BCUT2D eigenvalue weighted by Crippen LogP contribution is -2.46. The van der Waals surface area contributed by atoms with E-state index in [2.05, 4.69) is 6.58 Å². The van der Waals surface area contributed by atoms with Crippen molar-refractivity contribution < 1.29 is 24.1 Å². The summed E-state index contributed by atoms with van der Waals surface area (Å²) in [5.74, 6) is 0.120. The molecule has 20 heavy (non-hydrogen) atoms. The molecule has 0 radical (unpaired) electrons. The van der Waals surface area contributed by atoms with Gasteiger partial charge in [-0.2, -0.15) is 0 Å². The summed E-state index contributed by atoms with van der Waals surface area (Å²) in [6, 6.07) is 0. The Kier molecular flexibility index (Phi) is 1.58. The van der Waals surface area contributed by atoms with E-state index in [-0.39, 0.29) is 24.1 Å². The van der Waals surface area contributed by atoms with Crippen molar-refractivity contribution in [2.45, 2.75) is 55.7 Å². The fourth-order valence-corrected chi connectivity index (χ4v) is 4.60. The van der Waals surface area contributed by atoms with Crippen LogP contribution >= 0.6 is 0 Å². The standard InChI is InChI=1S/C15H16O5/c1-6-7-4-5-13(2,17)15-9(8(7)18-12(6)16)14(3)10(19-14)11(15)20-15/h7,10-11,17H,1,4-5H2,2-3H3. The highest BCUT2D eigenvalue weighted by atomic mass is 16.7. The monoisotopic (exact) mass is 276 g/mol. The summed E-state index contributed by atoms with van der Waals surface area (Å²) in [4.78, 5) is 11.8. The van der Waals surface area contributed by atoms with E-state index in [1.807, 2.05) is 13.8 Å². The summed E-state index contributed by atoms with van der Waals surface area (Å²) < 4.78 is 17.1. The van der Waals surface area contributed by atoms with Gasteiger partial charge in [0.15, 0.2) is 5.60 Å². The van der Waals surface area contributed by atoms with Crippen LogP contribution in [0.2, 0.25) is 0 Å². The molecule has 0 aromatic rings. The van der Waals surface area contributed by atoms with E-state index in [0.29, 0.717) is 24.2 Å². The number of epoxide rings is 2. The molecule has 6 atom stereocenters. The van der Waals surface area contributed by atoms with Gasteiger partial charge in [-0.05, 0) is 26.7 Å². The number of aliphatic hydroxyl groups is 1. The van der Waals surface area contributed by atoms with Gasteiger partial charge in [-0.3, -0.25) is 0 Å². The number of allylic oxidation sites excluding steroid dienone is 1. The van der Waals surface area contributed by atoms with Gasteiger partial charge >= 0.3 is 5.97 Å². The number of carbonyl (C=O) groups is 1. The molecule has 3 heterocycles. The Morgan fingerprint density at radius 1 is 1.30 bits per heavy atom. The van der Waals surface area contributed by atoms with Crippen molar-refractivity contribution in [3.63, 3.8) is 0 Å². The molecule has 1 N–H and O–H groups in total. The molecule has 2 aliphatic carbocycles. The maximum absolute atomic E-state index is 11.8. The topological polar surface area (TPSA) is 71.6 Å². The van der Waals surface area contributed by atoms with Gasteiger partial charge in [-0.15, -0.1) is 0 Å². The molecule has 1 saturated carbocycles. The van der Waals surface area contributed by atoms with E-state index in [9.17, 15) is 9.90 Å². The van der Waals surface area contributed by atoms with Crippen LogP contribution in [0.25, 0.3) is 0 Å². The summed E-state index contributed by atoms with van der Waals surface area (Å²) >= 11 is 0. The van der Waals surface area contributed by atoms with Gasteiger partial charge in [-0.25, -0.2) is 4.79 Å². The molecule has 0 bridgehead atoms. The average Bonchev–Trinajstić information content (AvgIpc) is 3.21. The molecule has 0 aromatic carbocycles. The molecule has 6 unspecified atom stereocenters. The van der Waals surface area contributed by atoms with Crippen LogP contribution in [-0.2, 0) is 19.0 Å². The Hall–Kier alpha value is -1.17. The van der Waals surface area contributed by atoms with E-state index in [1.165, 1.54) is 0 Å². The van der Waals surface area contributed by atoms with E-state index in [4.69, 9.17) is 14.2 Å². The largest absolute Gasteiger partial charge is 0.427 e. The van der Waals surface area contributed by atoms with E-state index in [1.54, 1.807) is 0 Å².